The maximum absolute atomic E-state index is 12.9. The first-order chi connectivity index (χ1) is 14.1. The summed E-state index contributed by atoms with van der Waals surface area (Å²) < 4.78 is 23.6. The summed E-state index contributed by atoms with van der Waals surface area (Å²) in [5.41, 5.74) is 1.50. The molecule has 0 bridgehead atoms. The number of nitrogens with one attached hydrogen (secondary N) is 1. The molecular weight excluding hydrogens is 395 g/mol. The van der Waals surface area contributed by atoms with Gasteiger partial charge >= 0.3 is 0 Å². The number of carbonyl (C=O) groups is 1. The lowest BCUT2D eigenvalue weighted by Crippen LogP contribution is -2.20. The lowest BCUT2D eigenvalue weighted by molar-refractivity contribution is -0.118. The van der Waals surface area contributed by atoms with E-state index in [1.807, 2.05) is 30.3 Å². The smallest absolute Gasteiger partial charge is 0.270 e. The van der Waals surface area contributed by atoms with Gasteiger partial charge in [-0.15, -0.1) is 0 Å². The van der Waals surface area contributed by atoms with Gasteiger partial charge in [-0.3, -0.25) is 10.1 Å². The van der Waals surface area contributed by atoms with Crippen LogP contribution in [0.15, 0.2) is 59.1 Å². The molecule has 29 heavy (non-hydrogen) atoms. The zero-order valence-corrected chi connectivity index (χ0v) is 16.1. The molecule has 0 spiro atoms. The molecule has 0 atom stereocenters. The number of amides is 1. The van der Waals surface area contributed by atoms with Gasteiger partial charge < -0.3 is 9.26 Å². The molecule has 9 heteroatoms. The summed E-state index contributed by atoms with van der Waals surface area (Å²) in [7, 11) is 0. The Morgan fingerprint density at radius 1 is 1.14 bits per heavy atom. The molecule has 1 amide bonds. The number of hydrogen-bond donors (Lipinski definition) is 1. The summed E-state index contributed by atoms with van der Waals surface area (Å²) >= 11 is 1.23. The molecule has 0 aliphatic rings. The second-order valence-corrected chi connectivity index (χ2v) is 7.01. The Hall–Kier alpha value is -3.59. The normalized spacial score (nSPS) is 10.7. The molecule has 2 aromatic heterocycles. The molecule has 0 saturated carbocycles. The van der Waals surface area contributed by atoms with Crippen LogP contribution in [0, 0.1) is 12.7 Å². The minimum Gasteiger partial charge on any atom is -0.484 e. The van der Waals surface area contributed by atoms with Gasteiger partial charge in [-0.05, 0) is 31.2 Å². The van der Waals surface area contributed by atoms with Gasteiger partial charge in [0.1, 0.15) is 16.4 Å². The fraction of sp³-hybridized carbons (Fsp3) is 0.100. The average molecular weight is 410 g/mol. The van der Waals surface area contributed by atoms with Crippen molar-refractivity contribution in [1.82, 2.24) is 15.1 Å². The largest absolute Gasteiger partial charge is 0.484 e. The van der Waals surface area contributed by atoms with Gasteiger partial charge in [-0.2, -0.15) is 4.98 Å². The van der Waals surface area contributed by atoms with Crippen molar-refractivity contribution in [3.63, 3.8) is 0 Å². The minimum atomic E-state index is -0.384. The van der Waals surface area contributed by atoms with Crippen molar-refractivity contribution in [2.45, 2.75) is 6.92 Å². The molecule has 4 aromatic rings. The number of rotatable bonds is 6. The van der Waals surface area contributed by atoms with Crippen LogP contribution in [-0.2, 0) is 4.79 Å². The Labute approximate surface area is 169 Å². The third-order valence-electron chi connectivity index (χ3n) is 3.88. The predicted molar refractivity (Wildman–Crippen MR) is 106 cm³/mol. The molecule has 0 saturated heterocycles. The number of aromatic nitrogens is 3. The number of halogens is 1. The zero-order valence-electron chi connectivity index (χ0n) is 15.3. The number of anilines is 1. The molecular formula is C20H15FN4O3S. The fourth-order valence-electron chi connectivity index (χ4n) is 2.50. The zero-order chi connectivity index (χ0) is 20.2. The Kier molecular flexibility index (Phi) is 5.30. The van der Waals surface area contributed by atoms with Gasteiger partial charge in [-0.25, -0.2) is 9.37 Å². The highest BCUT2D eigenvalue weighted by Gasteiger charge is 2.18. The maximum Gasteiger partial charge on any atom is 0.270 e. The SMILES string of the molecule is Cc1nc(NC(=O)COc2ccc(F)cc2)sc1-c1nc(-c2ccccc2)no1. The summed E-state index contributed by atoms with van der Waals surface area (Å²) in [5.74, 6) is 0.458. The third-order valence-corrected chi connectivity index (χ3v) is 4.94. The summed E-state index contributed by atoms with van der Waals surface area (Å²) in [6.07, 6.45) is 0. The van der Waals surface area contributed by atoms with Gasteiger partial charge in [0.2, 0.25) is 5.82 Å². The molecule has 146 valence electrons. The molecule has 2 heterocycles. The Balaban J connectivity index is 1.42. The third kappa shape index (κ3) is 4.46. The predicted octanol–water partition coefficient (Wildman–Crippen LogP) is 4.33. The van der Waals surface area contributed by atoms with Crippen LogP contribution in [-0.4, -0.2) is 27.6 Å². The van der Waals surface area contributed by atoms with E-state index in [-0.39, 0.29) is 18.3 Å². The Morgan fingerprint density at radius 3 is 2.66 bits per heavy atom. The van der Waals surface area contributed by atoms with E-state index < -0.39 is 0 Å². The molecule has 4 rings (SSSR count). The standard InChI is InChI=1S/C20H15FN4O3S/c1-12-17(19-24-18(25-28-19)13-5-3-2-4-6-13)29-20(22-12)23-16(26)11-27-15-9-7-14(21)8-10-15/h2-10H,11H2,1H3,(H,22,23,26). The monoisotopic (exact) mass is 410 g/mol. The van der Waals surface area contributed by atoms with E-state index in [0.29, 0.717) is 33.2 Å². The lowest BCUT2D eigenvalue weighted by atomic mass is 10.2. The van der Waals surface area contributed by atoms with E-state index >= 15 is 0 Å². The molecule has 0 aliphatic heterocycles. The number of nitrogens with zero attached hydrogens (tertiary/aromatic N) is 3. The second-order valence-electron chi connectivity index (χ2n) is 6.01. The van der Waals surface area contributed by atoms with Crippen molar-refractivity contribution in [3.05, 3.63) is 66.1 Å². The molecule has 7 nitrogen and oxygen atoms in total. The number of benzene rings is 2. The van der Waals surface area contributed by atoms with E-state index in [4.69, 9.17) is 9.26 Å². The van der Waals surface area contributed by atoms with Crippen LogP contribution < -0.4 is 10.1 Å². The first kappa shape index (κ1) is 18.8. The number of ether oxygens (including phenoxy) is 1. The first-order valence-electron chi connectivity index (χ1n) is 8.63. The van der Waals surface area contributed by atoms with Crippen LogP contribution in [0.25, 0.3) is 22.2 Å². The highest BCUT2D eigenvalue weighted by atomic mass is 32.1. The molecule has 2 aromatic carbocycles. The summed E-state index contributed by atoms with van der Waals surface area (Å²) in [5, 5.41) is 7.07. The van der Waals surface area contributed by atoms with Crippen LogP contribution >= 0.6 is 11.3 Å². The maximum atomic E-state index is 12.9. The van der Waals surface area contributed by atoms with Crippen molar-refractivity contribution in [3.8, 4) is 27.9 Å². The van der Waals surface area contributed by atoms with Gasteiger partial charge in [0.05, 0.1) is 5.69 Å². The second kappa shape index (κ2) is 8.19. The molecule has 0 radical (unpaired) electrons. The van der Waals surface area contributed by atoms with Gasteiger partial charge in [0.15, 0.2) is 11.7 Å². The van der Waals surface area contributed by atoms with E-state index in [1.54, 1.807) is 6.92 Å². The highest BCUT2D eigenvalue weighted by Crippen LogP contribution is 2.32. The summed E-state index contributed by atoms with van der Waals surface area (Å²) in [6.45, 7) is 1.57. The highest BCUT2D eigenvalue weighted by molar-refractivity contribution is 7.19. The summed E-state index contributed by atoms with van der Waals surface area (Å²) in [4.78, 5) is 21.5. The molecule has 0 fully saturated rings. The van der Waals surface area contributed by atoms with Crippen LogP contribution in [0.2, 0.25) is 0 Å². The van der Waals surface area contributed by atoms with Crippen molar-refractivity contribution < 1.29 is 18.4 Å². The average Bonchev–Trinajstić information content (AvgIpc) is 3.35. The summed E-state index contributed by atoms with van der Waals surface area (Å²) in [6, 6.07) is 14.9. The molecule has 1 N–H and O–H groups in total. The van der Waals surface area contributed by atoms with Crippen LogP contribution in [0.3, 0.4) is 0 Å². The topological polar surface area (TPSA) is 90.1 Å². The van der Waals surface area contributed by atoms with Crippen molar-refractivity contribution >= 4 is 22.4 Å². The van der Waals surface area contributed by atoms with Gasteiger partial charge in [-0.1, -0.05) is 46.8 Å². The van der Waals surface area contributed by atoms with Gasteiger partial charge in [0, 0.05) is 5.56 Å². The minimum absolute atomic E-state index is 0.224. The van der Waals surface area contributed by atoms with E-state index in [0.717, 1.165) is 5.56 Å². The Morgan fingerprint density at radius 2 is 1.90 bits per heavy atom. The van der Waals surface area contributed by atoms with Crippen molar-refractivity contribution in [2.75, 3.05) is 11.9 Å². The van der Waals surface area contributed by atoms with E-state index in [2.05, 4.69) is 20.4 Å². The quantitative estimate of drug-likeness (QED) is 0.509. The van der Waals surface area contributed by atoms with Crippen LogP contribution in [0.5, 0.6) is 5.75 Å². The van der Waals surface area contributed by atoms with Crippen molar-refractivity contribution in [2.24, 2.45) is 0 Å². The Bertz CT molecular complexity index is 1130. The first-order valence-corrected chi connectivity index (χ1v) is 9.45. The number of aryl methyl sites for hydroxylation is 1. The van der Waals surface area contributed by atoms with Crippen LogP contribution in [0.1, 0.15) is 5.69 Å². The van der Waals surface area contributed by atoms with Gasteiger partial charge in [0.25, 0.3) is 11.8 Å². The van der Waals surface area contributed by atoms with Crippen LogP contribution in [0.4, 0.5) is 9.52 Å². The number of carbonyl (C=O) groups excluding carboxylic acids is 1. The lowest BCUT2D eigenvalue weighted by Gasteiger charge is -2.05. The molecule has 0 aliphatic carbocycles. The van der Waals surface area contributed by atoms with Crippen molar-refractivity contribution in [1.29, 1.82) is 0 Å². The fourth-order valence-corrected chi connectivity index (χ4v) is 3.41. The van der Waals surface area contributed by atoms with E-state index in [9.17, 15) is 9.18 Å². The van der Waals surface area contributed by atoms with E-state index in [1.165, 1.54) is 35.6 Å². The molecule has 0 unspecified atom stereocenters. The number of hydrogen-bond acceptors (Lipinski definition) is 7. The number of thiazole rings is 1.